The van der Waals surface area contributed by atoms with E-state index in [-0.39, 0.29) is 0 Å². The molecule has 2 N–H and O–H groups in total. The van der Waals surface area contributed by atoms with Crippen molar-refractivity contribution >= 4 is 5.82 Å². The van der Waals surface area contributed by atoms with Crippen LogP contribution in [0.5, 0.6) is 0 Å². The lowest BCUT2D eigenvalue weighted by molar-refractivity contribution is 0.219. The molecule has 3 heteroatoms. The molecule has 2 aromatic rings. The first-order valence-corrected chi connectivity index (χ1v) is 6.65. The number of hydrogen-bond acceptors (Lipinski definition) is 3. The summed E-state index contributed by atoms with van der Waals surface area (Å²) in [6.07, 6.45) is 2.20. The number of benzene rings is 1. The summed E-state index contributed by atoms with van der Waals surface area (Å²) in [6, 6.07) is 11.6. The van der Waals surface area contributed by atoms with Crippen LogP contribution in [0.2, 0.25) is 0 Å². The molecule has 1 atom stereocenters. The number of aromatic nitrogens is 1. The smallest absolute Gasteiger partial charge is 0.126 e. The maximum absolute atomic E-state index is 10.4. The summed E-state index contributed by atoms with van der Waals surface area (Å²) in [6.45, 7) is 5.03. The molecule has 19 heavy (non-hydrogen) atoms. The molecule has 0 fully saturated rings. The number of aliphatic hydroxyl groups excluding tert-OH is 1. The molecule has 1 aromatic carbocycles. The fraction of sp³-hybridized carbons (Fsp3) is 0.312. The zero-order valence-electron chi connectivity index (χ0n) is 11.4. The topological polar surface area (TPSA) is 45.1 Å². The Bertz CT molecular complexity index is 526. The average Bonchev–Trinajstić information content (AvgIpc) is 2.45. The normalized spacial score (nSPS) is 12.2. The summed E-state index contributed by atoms with van der Waals surface area (Å²) in [5.41, 5.74) is 2.79. The van der Waals surface area contributed by atoms with Crippen LogP contribution < -0.4 is 5.32 Å². The van der Waals surface area contributed by atoms with Gasteiger partial charge in [-0.3, -0.25) is 0 Å². The highest BCUT2D eigenvalue weighted by Crippen LogP contribution is 2.25. The van der Waals surface area contributed by atoms with Gasteiger partial charge in [-0.2, -0.15) is 0 Å². The molecular weight excluding hydrogens is 236 g/mol. The molecular formula is C16H20N2O. The lowest BCUT2D eigenvalue weighted by atomic mass is 9.99. The number of aliphatic hydroxyl groups is 1. The lowest BCUT2D eigenvalue weighted by Crippen LogP contribution is -2.06. The molecule has 1 aromatic heterocycles. The zero-order valence-corrected chi connectivity index (χ0v) is 11.4. The Labute approximate surface area is 114 Å². The van der Waals surface area contributed by atoms with E-state index in [2.05, 4.69) is 17.2 Å². The average molecular weight is 256 g/mol. The van der Waals surface area contributed by atoms with E-state index in [1.807, 2.05) is 43.3 Å². The van der Waals surface area contributed by atoms with Gasteiger partial charge in [-0.25, -0.2) is 4.98 Å². The second-order valence-corrected chi connectivity index (χ2v) is 4.67. The Kier molecular flexibility index (Phi) is 4.53. The van der Waals surface area contributed by atoms with E-state index in [1.165, 1.54) is 0 Å². The Morgan fingerprint density at radius 3 is 2.63 bits per heavy atom. The molecule has 2 rings (SSSR count). The van der Waals surface area contributed by atoms with Crippen LogP contribution >= 0.6 is 0 Å². The standard InChI is InChI=1S/C16H20N2O/c1-3-9-17-15-10-12(2)14(11-18-15)16(19)13-7-5-4-6-8-13/h4-8,10-11,16,19H,3,9H2,1-2H3,(H,17,18)/t16-/m1/s1. The van der Waals surface area contributed by atoms with Crippen molar-refractivity contribution < 1.29 is 5.11 Å². The van der Waals surface area contributed by atoms with Gasteiger partial charge in [0.1, 0.15) is 11.9 Å². The SMILES string of the molecule is CCCNc1cc(C)c([C@H](O)c2ccccc2)cn1. The first-order chi connectivity index (χ1) is 9.22. The van der Waals surface area contributed by atoms with Crippen LogP contribution in [0, 0.1) is 6.92 Å². The molecule has 3 nitrogen and oxygen atoms in total. The maximum Gasteiger partial charge on any atom is 0.126 e. The first kappa shape index (κ1) is 13.6. The number of nitrogens with one attached hydrogen (secondary N) is 1. The number of anilines is 1. The number of aryl methyl sites for hydroxylation is 1. The molecule has 0 bridgehead atoms. The van der Waals surface area contributed by atoms with Crippen LogP contribution in [0.15, 0.2) is 42.6 Å². The van der Waals surface area contributed by atoms with E-state index in [9.17, 15) is 5.11 Å². The van der Waals surface area contributed by atoms with Crippen LogP contribution in [-0.4, -0.2) is 16.6 Å². The Morgan fingerprint density at radius 1 is 1.26 bits per heavy atom. The van der Waals surface area contributed by atoms with Gasteiger partial charge in [0.15, 0.2) is 0 Å². The van der Waals surface area contributed by atoms with Crippen molar-refractivity contribution in [2.24, 2.45) is 0 Å². The molecule has 0 unspecified atom stereocenters. The van der Waals surface area contributed by atoms with Gasteiger partial charge in [-0.05, 0) is 30.5 Å². The fourth-order valence-electron chi connectivity index (χ4n) is 2.02. The van der Waals surface area contributed by atoms with E-state index in [0.29, 0.717) is 0 Å². The Hall–Kier alpha value is -1.87. The third-order valence-electron chi connectivity index (χ3n) is 3.12. The predicted octanol–water partition coefficient (Wildman–Crippen LogP) is 3.29. The van der Waals surface area contributed by atoms with Gasteiger partial charge in [0.2, 0.25) is 0 Å². The van der Waals surface area contributed by atoms with Crippen molar-refractivity contribution in [3.63, 3.8) is 0 Å². The van der Waals surface area contributed by atoms with Gasteiger partial charge in [0, 0.05) is 18.3 Å². The molecule has 0 aliphatic rings. The summed E-state index contributed by atoms with van der Waals surface area (Å²) in [5.74, 6) is 0.864. The third-order valence-corrected chi connectivity index (χ3v) is 3.12. The van der Waals surface area contributed by atoms with Gasteiger partial charge >= 0.3 is 0 Å². The van der Waals surface area contributed by atoms with Crippen molar-refractivity contribution in [1.82, 2.24) is 4.98 Å². The van der Waals surface area contributed by atoms with Crippen LogP contribution in [0.4, 0.5) is 5.82 Å². The minimum Gasteiger partial charge on any atom is -0.384 e. The molecule has 0 saturated carbocycles. The van der Waals surface area contributed by atoms with Crippen molar-refractivity contribution in [2.45, 2.75) is 26.4 Å². The van der Waals surface area contributed by atoms with E-state index in [1.54, 1.807) is 6.20 Å². The summed E-state index contributed by atoms with van der Waals surface area (Å²) < 4.78 is 0. The summed E-state index contributed by atoms with van der Waals surface area (Å²) in [7, 11) is 0. The molecule has 0 saturated heterocycles. The van der Waals surface area contributed by atoms with Crippen molar-refractivity contribution in [3.05, 3.63) is 59.3 Å². The third kappa shape index (κ3) is 3.32. The monoisotopic (exact) mass is 256 g/mol. The van der Waals surface area contributed by atoms with E-state index in [4.69, 9.17) is 0 Å². The lowest BCUT2D eigenvalue weighted by Gasteiger charge is -2.15. The molecule has 1 heterocycles. The van der Waals surface area contributed by atoms with Gasteiger partial charge in [-0.15, -0.1) is 0 Å². The largest absolute Gasteiger partial charge is 0.384 e. The minimum absolute atomic E-state index is 0.617. The molecule has 0 aliphatic heterocycles. The molecule has 0 amide bonds. The van der Waals surface area contributed by atoms with E-state index < -0.39 is 6.10 Å². The van der Waals surface area contributed by atoms with Crippen LogP contribution in [-0.2, 0) is 0 Å². The highest BCUT2D eigenvalue weighted by molar-refractivity contribution is 5.43. The number of rotatable bonds is 5. The Morgan fingerprint density at radius 2 is 2.00 bits per heavy atom. The molecule has 0 radical (unpaired) electrons. The molecule has 0 spiro atoms. The van der Waals surface area contributed by atoms with Crippen LogP contribution in [0.3, 0.4) is 0 Å². The summed E-state index contributed by atoms with van der Waals surface area (Å²) in [5, 5.41) is 13.6. The van der Waals surface area contributed by atoms with Crippen LogP contribution in [0.25, 0.3) is 0 Å². The van der Waals surface area contributed by atoms with Crippen molar-refractivity contribution in [2.75, 3.05) is 11.9 Å². The summed E-state index contributed by atoms with van der Waals surface area (Å²) in [4.78, 5) is 4.35. The van der Waals surface area contributed by atoms with Gasteiger partial charge in [-0.1, -0.05) is 37.3 Å². The molecule has 100 valence electrons. The number of pyridine rings is 1. The quantitative estimate of drug-likeness (QED) is 0.862. The van der Waals surface area contributed by atoms with E-state index in [0.717, 1.165) is 35.5 Å². The highest BCUT2D eigenvalue weighted by atomic mass is 16.3. The number of hydrogen-bond donors (Lipinski definition) is 2. The van der Waals surface area contributed by atoms with E-state index >= 15 is 0 Å². The Balaban J connectivity index is 2.21. The van der Waals surface area contributed by atoms with Gasteiger partial charge < -0.3 is 10.4 Å². The highest BCUT2D eigenvalue weighted by Gasteiger charge is 2.13. The summed E-state index contributed by atoms with van der Waals surface area (Å²) >= 11 is 0. The van der Waals surface area contributed by atoms with Gasteiger partial charge in [0.25, 0.3) is 0 Å². The predicted molar refractivity (Wildman–Crippen MR) is 78.3 cm³/mol. The first-order valence-electron chi connectivity index (χ1n) is 6.65. The van der Waals surface area contributed by atoms with Crippen LogP contribution in [0.1, 0.15) is 36.1 Å². The number of nitrogens with zero attached hydrogens (tertiary/aromatic N) is 1. The maximum atomic E-state index is 10.4. The molecule has 0 aliphatic carbocycles. The second-order valence-electron chi connectivity index (χ2n) is 4.67. The fourth-order valence-corrected chi connectivity index (χ4v) is 2.02. The van der Waals surface area contributed by atoms with Crippen molar-refractivity contribution in [3.8, 4) is 0 Å². The second kappa shape index (κ2) is 6.34. The van der Waals surface area contributed by atoms with Crippen molar-refractivity contribution in [1.29, 1.82) is 0 Å². The van der Waals surface area contributed by atoms with Gasteiger partial charge in [0.05, 0.1) is 0 Å². The minimum atomic E-state index is -0.617. The zero-order chi connectivity index (χ0) is 13.7.